The van der Waals surface area contributed by atoms with Crippen LogP contribution in [0.4, 0.5) is 10.7 Å². The first kappa shape index (κ1) is 26.6. The predicted octanol–water partition coefficient (Wildman–Crippen LogP) is 2.65. The van der Waals surface area contributed by atoms with Crippen molar-refractivity contribution >= 4 is 31.0 Å². The summed E-state index contributed by atoms with van der Waals surface area (Å²) in [5, 5.41) is 2.69. The molecule has 0 aromatic carbocycles. The number of amides is 1. The zero-order valence-corrected chi connectivity index (χ0v) is 22.1. The Balaban J connectivity index is 1.50. The molecule has 0 spiro atoms. The third-order valence-electron chi connectivity index (χ3n) is 6.18. The lowest BCUT2D eigenvalue weighted by molar-refractivity contribution is -0.0720. The van der Waals surface area contributed by atoms with Crippen molar-refractivity contribution in [2.45, 2.75) is 59.1 Å². The number of phosphoric ester groups is 1. The number of anilines is 1. The molecule has 6 atom stereocenters. The second-order valence-electron chi connectivity index (χ2n) is 9.73. The average Bonchev–Trinajstić information content (AvgIpc) is 3.36. The SMILES string of the molecule is CCOc1nc(N)nc2c1ncn2[C@@H]1O[C@@H]2CO[P@](=O)(OC[C@@H](NC(=O)OC)C(C)(C)C)O[C@H]2[C@@H]1C. The number of rotatable bonds is 7. The van der Waals surface area contributed by atoms with Crippen LogP contribution in [-0.4, -0.2) is 70.8 Å². The van der Waals surface area contributed by atoms with E-state index in [2.05, 4.69) is 25.0 Å². The molecule has 4 rings (SSSR count). The van der Waals surface area contributed by atoms with Gasteiger partial charge in [0.05, 0.1) is 39.3 Å². The van der Waals surface area contributed by atoms with Gasteiger partial charge in [-0.15, -0.1) is 0 Å². The van der Waals surface area contributed by atoms with Crippen LogP contribution in [0.3, 0.4) is 0 Å². The monoisotopic (exact) mass is 528 g/mol. The van der Waals surface area contributed by atoms with Crippen LogP contribution in [0.2, 0.25) is 0 Å². The van der Waals surface area contributed by atoms with Gasteiger partial charge in [0, 0.05) is 5.92 Å². The third-order valence-corrected chi connectivity index (χ3v) is 7.61. The van der Waals surface area contributed by atoms with Gasteiger partial charge in [0.25, 0.3) is 0 Å². The van der Waals surface area contributed by atoms with Crippen molar-refractivity contribution in [3.05, 3.63) is 6.33 Å². The fraction of sp³-hybridized carbons (Fsp3) is 0.714. The van der Waals surface area contributed by atoms with Gasteiger partial charge in [-0.05, 0) is 12.3 Å². The number of alkyl carbamates (subject to hydrolysis) is 1. The molecule has 2 saturated heterocycles. The first-order valence-corrected chi connectivity index (χ1v) is 13.1. The van der Waals surface area contributed by atoms with E-state index in [0.29, 0.717) is 17.8 Å². The van der Waals surface area contributed by atoms with E-state index in [-0.39, 0.29) is 31.0 Å². The van der Waals surface area contributed by atoms with E-state index in [4.69, 9.17) is 28.8 Å². The van der Waals surface area contributed by atoms with Crippen molar-refractivity contribution in [2.24, 2.45) is 11.3 Å². The maximum absolute atomic E-state index is 13.3. The number of carbonyl (C=O) groups excluding carboxylic acids is 1. The quantitative estimate of drug-likeness (QED) is 0.504. The lowest BCUT2D eigenvalue weighted by atomic mass is 9.87. The molecule has 36 heavy (non-hydrogen) atoms. The van der Waals surface area contributed by atoms with Crippen molar-refractivity contribution in [1.29, 1.82) is 0 Å². The van der Waals surface area contributed by atoms with Crippen molar-refractivity contribution in [3.63, 3.8) is 0 Å². The number of nitrogens with zero attached hydrogens (tertiary/aromatic N) is 4. The Bertz CT molecular complexity index is 1150. The number of ether oxygens (including phenoxy) is 3. The Kier molecular flexibility index (Phi) is 7.45. The number of phosphoric acid groups is 1. The van der Waals surface area contributed by atoms with Crippen molar-refractivity contribution in [3.8, 4) is 5.88 Å². The van der Waals surface area contributed by atoms with E-state index in [1.165, 1.54) is 7.11 Å². The van der Waals surface area contributed by atoms with Crippen LogP contribution < -0.4 is 15.8 Å². The van der Waals surface area contributed by atoms with E-state index >= 15 is 0 Å². The zero-order valence-electron chi connectivity index (χ0n) is 21.2. The lowest BCUT2D eigenvalue weighted by Crippen LogP contribution is -2.47. The molecular weight excluding hydrogens is 495 g/mol. The molecule has 0 radical (unpaired) electrons. The smallest absolute Gasteiger partial charge is 0.475 e. The number of imidazole rings is 1. The minimum Gasteiger partial charge on any atom is -0.476 e. The molecule has 14 nitrogen and oxygen atoms in total. The Morgan fingerprint density at radius 3 is 2.81 bits per heavy atom. The number of nitrogen functional groups attached to an aromatic ring is 1. The van der Waals surface area contributed by atoms with Gasteiger partial charge in [-0.25, -0.2) is 14.3 Å². The fourth-order valence-electron chi connectivity index (χ4n) is 4.12. The highest BCUT2D eigenvalue weighted by Crippen LogP contribution is 2.58. The molecule has 2 aromatic heterocycles. The summed E-state index contributed by atoms with van der Waals surface area (Å²) in [6, 6.07) is -0.507. The molecule has 2 aliphatic rings. The molecule has 1 amide bonds. The van der Waals surface area contributed by atoms with E-state index in [9.17, 15) is 9.36 Å². The minimum atomic E-state index is -3.93. The third kappa shape index (κ3) is 5.28. The van der Waals surface area contributed by atoms with Gasteiger partial charge in [-0.3, -0.25) is 18.1 Å². The number of methoxy groups -OCH3 is 1. The van der Waals surface area contributed by atoms with Crippen LogP contribution in [0.15, 0.2) is 6.33 Å². The van der Waals surface area contributed by atoms with Crippen LogP contribution in [-0.2, 0) is 27.6 Å². The van der Waals surface area contributed by atoms with Gasteiger partial charge in [-0.1, -0.05) is 27.7 Å². The van der Waals surface area contributed by atoms with Gasteiger partial charge in [-0.2, -0.15) is 9.97 Å². The molecule has 2 aliphatic heterocycles. The Morgan fingerprint density at radius 1 is 1.39 bits per heavy atom. The highest BCUT2D eigenvalue weighted by Gasteiger charge is 2.52. The molecule has 0 saturated carbocycles. The summed E-state index contributed by atoms with van der Waals surface area (Å²) in [6.07, 6.45) is -0.673. The van der Waals surface area contributed by atoms with E-state index < -0.39 is 43.8 Å². The minimum absolute atomic E-state index is 0.00134. The van der Waals surface area contributed by atoms with Crippen molar-refractivity contribution < 1.29 is 37.1 Å². The molecule has 0 unspecified atom stereocenters. The standard InChI is InChI=1S/C21H33N6O8P/c1-7-31-17-14-16(25-19(22)26-17)27(10-23-14)18-11(2)15-12(34-18)8-32-36(29,35-15)33-9-13(21(3,4)5)24-20(28)30-6/h10-13,15,18H,7-9H2,1-6H3,(H,24,28)(H2,22,25,26)/t11-,12+,13+,15-,18+,36+/m0/s1. The topological polar surface area (TPSA) is 171 Å². The highest BCUT2D eigenvalue weighted by atomic mass is 31.2. The van der Waals surface area contributed by atoms with Gasteiger partial charge in [0.2, 0.25) is 11.8 Å². The summed E-state index contributed by atoms with van der Waals surface area (Å²) < 4.78 is 48.5. The second-order valence-corrected chi connectivity index (χ2v) is 11.4. The molecule has 15 heteroatoms. The first-order chi connectivity index (χ1) is 17.0. The normalized spacial score (nSPS) is 29.1. The largest absolute Gasteiger partial charge is 0.476 e. The maximum atomic E-state index is 13.3. The van der Waals surface area contributed by atoms with Crippen LogP contribution >= 0.6 is 7.82 Å². The van der Waals surface area contributed by atoms with Crippen LogP contribution in [0.1, 0.15) is 40.8 Å². The number of nitrogens with one attached hydrogen (secondary N) is 1. The molecule has 2 fully saturated rings. The molecule has 4 heterocycles. The summed E-state index contributed by atoms with van der Waals surface area (Å²) in [5.74, 6) is 0.0575. The Labute approximate surface area is 208 Å². The van der Waals surface area contributed by atoms with Gasteiger partial charge in [0.15, 0.2) is 11.2 Å². The van der Waals surface area contributed by atoms with Gasteiger partial charge in [0.1, 0.15) is 18.4 Å². The van der Waals surface area contributed by atoms with Crippen LogP contribution in [0.25, 0.3) is 11.2 Å². The maximum Gasteiger partial charge on any atom is 0.475 e. The van der Waals surface area contributed by atoms with Gasteiger partial charge >= 0.3 is 13.9 Å². The summed E-state index contributed by atoms with van der Waals surface area (Å²) >= 11 is 0. The van der Waals surface area contributed by atoms with Crippen LogP contribution in [0, 0.1) is 11.3 Å². The number of aromatic nitrogens is 4. The van der Waals surface area contributed by atoms with E-state index in [0.717, 1.165) is 0 Å². The highest BCUT2D eigenvalue weighted by molar-refractivity contribution is 7.48. The lowest BCUT2D eigenvalue weighted by Gasteiger charge is -2.34. The second kappa shape index (κ2) is 10.1. The number of hydrogen-bond acceptors (Lipinski definition) is 12. The van der Waals surface area contributed by atoms with E-state index in [1.807, 2.05) is 34.6 Å². The molecule has 2 aromatic rings. The number of hydrogen-bond donors (Lipinski definition) is 2. The summed E-state index contributed by atoms with van der Waals surface area (Å²) in [4.78, 5) is 24.6. The number of nitrogens with two attached hydrogens (primary N) is 1. The van der Waals surface area contributed by atoms with E-state index in [1.54, 1.807) is 10.9 Å². The zero-order chi connectivity index (χ0) is 26.3. The summed E-state index contributed by atoms with van der Waals surface area (Å²) in [5.41, 5.74) is 6.37. The number of carbonyl (C=O) groups is 1. The predicted molar refractivity (Wildman–Crippen MR) is 127 cm³/mol. The average molecular weight is 529 g/mol. The molecular formula is C21H33N6O8P. The summed E-state index contributed by atoms with van der Waals surface area (Å²) in [6.45, 7) is 9.76. The Morgan fingerprint density at radius 2 is 2.14 bits per heavy atom. The molecule has 200 valence electrons. The first-order valence-electron chi connectivity index (χ1n) is 11.7. The Hall–Kier alpha value is -2.51. The number of fused-ring (bicyclic) bond motifs is 2. The molecule has 0 bridgehead atoms. The molecule has 0 aliphatic carbocycles. The fourth-order valence-corrected chi connectivity index (χ4v) is 5.60. The van der Waals surface area contributed by atoms with Crippen molar-refractivity contribution in [1.82, 2.24) is 24.8 Å². The van der Waals surface area contributed by atoms with Crippen molar-refractivity contribution in [2.75, 3.05) is 32.7 Å². The summed E-state index contributed by atoms with van der Waals surface area (Å²) in [7, 11) is -2.67. The van der Waals surface area contributed by atoms with Gasteiger partial charge < -0.3 is 25.3 Å². The molecule has 3 N–H and O–H groups in total. The van der Waals surface area contributed by atoms with Crippen LogP contribution in [0.5, 0.6) is 5.88 Å².